The standard InChI is InChI=1S/C9H12ClN5O2S2/c1-15(2)9-12-7(13-14-9)5-11-19(16,17)8-6(10)3-4-18-8/h3-4,11H,5H2,1-2H3,(H,12,13,14). The number of aromatic amines is 1. The lowest BCUT2D eigenvalue weighted by atomic mass is 10.6. The van der Waals surface area contributed by atoms with Gasteiger partial charge in [0.05, 0.1) is 11.6 Å². The van der Waals surface area contributed by atoms with Crippen molar-refractivity contribution in [2.24, 2.45) is 0 Å². The molecule has 0 aliphatic heterocycles. The molecule has 0 saturated heterocycles. The Balaban J connectivity index is 2.08. The van der Waals surface area contributed by atoms with Gasteiger partial charge in [-0.1, -0.05) is 11.6 Å². The van der Waals surface area contributed by atoms with E-state index in [0.29, 0.717) is 11.8 Å². The van der Waals surface area contributed by atoms with E-state index < -0.39 is 10.0 Å². The zero-order chi connectivity index (χ0) is 14.0. The molecule has 10 heteroatoms. The molecule has 0 spiro atoms. The molecule has 2 N–H and O–H groups in total. The first kappa shape index (κ1) is 14.3. The Morgan fingerprint density at radius 2 is 2.26 bits per heavy atom. The fraction of sp³-hybridized carbons (Fsp3) is 0.333. The molecule has 0 aliphatic rings. The van der Waals surface area contributed by atoms with E-state index in [9.17, 15) is 8.42 Å². The molecule has 0 amide bonds. The van der Waals surface area contributed by atoms with Crippen LogP contribution in [0.5, 0.6) is 0 Å². The fourth-order valence-corrected chi connectivity index (χ4v) is 3.98. The normalized spacial score (nSPS) is 11.7. The number of nitrogens with one attached hydrogen (secondary N) is 2. The van der Waals surface area contributed by atoms with Gasteiger partial charge in [0.25, 0.3) is 10.0 Å². The summed E-state index contributed by atoms with van der Waals surface area (Å²) >= 11 is 6.87. The Kier molecular flexibility index (Phi) is 4.09. The Morgan fingerprint density at radius 1 is 1.53 bits per heavy atom. The van der Waals surface area contributed by atoms with Crippen molar-refractivity contribution in [1.29, 1.82) is 0 Å². The number of nitrogens with zero attached hydrogens (tertiary/aromatic N) is 3. The third-order valence-electron chi connectivity index (χ3n) is 2.18. The molecule has 0 atom stereocenters. The topological polar surface area (TPSA) is 91.0 Å². The summed E-state index contributed by atoms with van der Waals surface area (Å²) in [5, 5.41) is 8.42. The predicted molar refractivity (Wildman–Crippen MR) is 74.1 cm³/mol. The molecule has 2 aromatic heterocycles. The van der Waals surface area contributed by atoms with E-state index >= 15 is 0 Å². The third-order valence-corrected chi connectivity index (χ3v) is 5.60. The second-order valence-corrected chi connectivity index (χ2v) is 7.14. The van der Waals surface area contributed by atoms with Gasteiger partial charge in [0, 0.05) is 14.1 Å². The van der Waals surface area contributed by atoms with Crippen LogP contribution in [0.2, 0.25) is 5.02 Å². The van der Waals surface area contributed by atoms with Crippen LogP contribution in [0.1, 0.15) is 5.82 Å². The van der Waals surface area contributed by atoms with Gasteiger partial charge in [0.15, 0.2) is 4.21 Å². The molecule has 0 unspecified atom stereocenters. The number of thiophene rings is 1. The Labute approximate surface area is 119 Å². The lowest BCUT2D eigenvalue weighted by Crippen LogP contribution is -2.23. The van der Waals surface area contributed by atoms with Gasteiger partial charge in [-0.2, -0.15) is 4.98 Å². The number of hydrogen-bond donors (Lipinski definition) is 2. The summed E-state index contributed by atoms with van der Waals surface area (Å²) in [5.41, 5.74) is 0. The van der Waals surface area contributed by atoms with Gasteiger partial charge in [-0.3, -0.25) is 5.10 Å². The van der Waals surface area contributed by atoms with Crippen LogP contribution in [0.25, 0.3) is 0 Å². The minimum Gasteiger partial charge on any atom is -0.346 e. The number of H-pyrrole nitrogens is 1. The molecule has 104 valence electrons. The number of halogens is 1. The van der Waals surface area contributed by atoms with E-state index in [2.05, 4.69) is 19.9 Å². The van der Waals surface area contributed by atoms with Crippen LogP contribution >= 0.6 is 22.9 Å². The average Bonchev–Trinajstić information content (AvgIpc) is 2.95. The SMILES string of the molecule is CN(C)c1n[nH]c(CNS(=O)(=O)c2sccc2Cl)n1. The quantitative estimate of drug-likeness (QED) is 0.859. The van der Waals surface area contributed by atoms with E-state index in [4.69, 9.17) is 11.6 Å². The van der Waals surface area contributed by atoms with Crippen LogP contribution < -0.4 is 9.62 Å². The molecule has 0 saturated carbocycles. The molecule has 0 aliphatic carbocycles. The summed E-state index contributed by atoms with van der Waals surface area (Å²) in [6.45, 7) is 0.0252. The molecule has 2 heterocycles. The first-order chi connectivity index (χ1) is 8.90. The maximum Gasteiger partial charge on any atom is 0.251 e. The van der Waals surface area contributed by atoms with Crippen molar-refractivity contribution in [3.8, 4) is 0 Å². The highest BCUT2D eigenvalue weighted by molar-refractivity contribution is 7.91. The summed E-state index contributed by atoms with van der Waals surface area (Å²) in [5.74, 6) is 0.920. The monoisotopic (exact) mass is 321 g/mol. The Bertz CT molecular complexity index is 664. The second kappa shape index (κ2) is 5.45. The largest absolute Gasteiger partial charge is 0.346 e. The minimum absolute atomic E-state index is 0.0252. The molecule has 2 aromatic rings. The average molecular weight is 322 g/mol. The van der Waals surface area contributed by atoms with E-state index in [1.54, 1.807) is 30.4 Å². The van der Waals surface area contributed by atoms with Gasteiger partial charge in [-0.15, -0.1) is 16.4 Å². The maximum absolute atomic E-state index is 12.0. The highest BCUT2D eigenvalue weighted by atomic mass is 35.5. The first-order valence-electron chi connectivity index (χ1n) is 5.21. The van der Waals surface area contributed by atoms with Crippen molar-refractivity contribution >= 4 is 38.9 Å². The molecular formula is C9H12ClN5O2S2. The van der Waals surface area contributed by atoms with E-state index in [1.165, 1.54) is 0 Å². The van der Waals surface area contributed by atoms with Crippen LogP contribution in [-0.2, 0) is 16.6 Å². The second-order valence-electron chi connectivity index (χ2n) is 3.86. The van der Waals surface area contributed by atoms with Gasteiger partial charge in [-0.25, -0.2) is 13.1 Å². The molecular weight excluding hydrogens is 310 g/mol. The number of hydrogen-bond acceptors (Lipinski definition) is 6. The summed E-state index contributed by atoms with van der Waals surface area (Å²) in [6, 6.07) is 1.54. The van der Waals surface area contributed by atoms with Gasteiger partial charge in [-0.05, 0) is 11.4 Å². The molecule has 0 bridgehead atoms. The van der Waals surface area contributed by atoms with Crippen LogP contribution in [0, 0.1) is 0 Å². The number of sulfonamides is 1. The number of aromatic nitrogens is 3. The van der Waals surface area contributed by atoms with E-state index in [1.807, 2.05) is 0 Å². The summed E-state index contributed by atoms with van der Waals surface area (Å²) in [4.78, 5) is 5.83. The van der Waals surface area contributed by atoms with Crippen LogP contribution in [-0.4, -0.2) is 37.7 Å². The van der Waals surface area contributed by atoms with Crippen LogP contribution in [0.4, 0.5) is 5.95 Å². The molecule has 0 radical (unpaired) electrons. The van der Waals surface area contributed by atoms with Gasteiger partial charge in [0.2, 0.25) is 5.95 Å². The molecule has 2 rings (SSSR count). The third kappa shape index (κ3) is 3.24. The van der Waals surface area contributed by atoms with E-state index in [-0.39, 0.29) is 15.8 Å². The maximum atomic E-state index is 12.0. The van der Waals surface area contributed by atoms with Crippen molar-refractivity contribution in [2.45, 2.75) is 10.8 Å². The van der Waals surface area contributed by atoms with Crippen molar-refractivity contribution in [3.05, 3.63) is 22.3 Å². The highest BCUT2D eigenvalue weighted by Crippen LogP contribution is 2.26. The molecule has 0 aromatic carbocycles. The Morgan fingerprint density at radius 3 is 2.79 bits per heavy atom. The zero-order valence-electron chi connectivity index (χ0n) is 10.2. The lowest BCUT2D eigenvalue weighted by Gasteiger charge is -2.04. The fourth-order valence-electron chi connectivity index (χ4n) is 1.26. The summed E-state index contributed by atoms with van der Waals surface area (Å²) < 4.78 is 26.5. The summed E-state index contributed by atoms with van der Waals surface area (Å²) in [6.07, 6.45) is 0. The highest BCUT2D eigenvalue weighted by Gasteiger charge is 2.19. The van der Waals surface area contributed by atoms with Crippen molar-refractivity contribution in [2.75, 3.05) is 19.0 Å². The molecule has 7 nitrogen and oxygen atoms in total. The number of rotatable bonds is 5. The van der Waals surface area contributed by atoms with Gasteiger partial charge >= 0.3 is 0 Å². The summed E-state index contributed by atoms with van der Waals surface area (Å²) in [7, 11) is -0.0332. The minimum atomic E-state index is -3.62. The molecule has 19 heavy (non-hydrogen) atoms. The lowest BCUT2D eigenvalue weighted by molar-refractivity contribution is 0.581. The zero-order valence-corrected chi connectivity index (χ0v) is 12.6. The van der Waals surface area contributed by atoms with Crippen molar-refractivity contribution < 1.29 is 8.42 Å². The Hall–Kier alpha value is -1.16. The van der Waals surface area contributed by atoms with Crippen LogP contribution in [0.15, 0.2) is 15.7 Å². The smallest absolute Gasteiger partial charge is 0.251 e. The predicted octanol–water partition coefficient (Wildman–Crippen LogP) is 1.06. The number of anilines is 1. The van der Waals surface area contributed by atoms with E-state index in [0.717, 1.165) is 11.3 Å². The van der Waals surface area contributed by atoms with Gasteiger partial charge < -0.3 is 4.90 Å². The van der Waals surface area contributed by atoms with Crippen molar-refractivity contribution in [3.63, 3.8) is 0 Å². The molecule has 0 fully saturated rings. The van der Waals surface area contributed by atoms with Gasteiger partial charge in [0.1, 0.15) is 5.82 Å². The first-order valence-corrected chi connectivity index (χ1v) is 7.95. The van der Waals surface area contributed by atoms with Crippen molar-refractivity contribution in [1.82, 2.24) is 19.9 Å². The van der Waals surface area contributed by atoms with Crippen LogP contribution in [0.3, 0.4) is 0 Å².